The minimum atomic E-state index is -1.54. The first-order valence-electron chi connectivity index (χ1n) is 8.59. The van der Waals surface area contributed by atoms with Crippen LogP contribution in [0.15, 0.2) is 46.6 Å². The monoisotopic (exact) mass is 442 g/mol. The first-order valence-corrected chi connectivity index (χ1v) is 10.3. The molecule has 0 unspecified atom stereocenters. The summed E-state index contributed by atoms with van der Waals surface area (Å²) < 4.78 is 1.13. The van der Waals surface area contributed by atoms with E-state index < -0.39 is 29.0 Å². The fourth-order valence-corrected chi connectivity index (χ4v) is 4.57. The molecule has 4 aromatic rings. The summed E-state index contributed by atoms with van der Waals surface area (Å²) in [6, 6.07) is 11.1. The Morgan fingerprint density at radius 3 is 2.77 bits per heavy atom. The Morgan fingerprint density at radius 2 is 2.00 bits per heavy atom. The van der Waals surface area contributed by atoms with Crippen molar-refractivity contribution in [1.82, 2.24) is 15.3 Å². The molecule has 0 aliphatic carbocycles. The molecule has 9 nitrogen and oxygen atoms in total. The van der Waals surface area contributed by atoms with Gasteiger partial charge in [0.1, 0.15) is 0 Å². The minimum absolute atomic E-state index is 0.0648. The van der Waals surface area contributed by atoms with E-state index in [9.17, 15) is 19.5 Å². The smallest absolute Gasteiger partial charge is 0.358 e. The average molecular weight is 442 g/mol. The average Bonchev–Trinajstić information content (AvgIpc) is 3.34. The molecule has 4 rings (SSSR count). The summed E-state index contributed by atoms with van der Waals surface area (Å²) in [5.41, 5.74) is -1.40. The van der Waals surface area contributed by atoms with Gasteiger partial charge in [-0.25, -0.2) is 14.6 Å². The van der Waals surface area contributed by atoms with E-state index in [4.69, 9.17) is 5.11 Å². The molecular formula is C19H14N4O5S2. The normalized spacial score (nSPS) is 10.8. The summed E-state index contributed by atoms with van der Waals surface area (Å²) in [6.07, 6.45) is 0. The predicted molar refractivity (Wildman–Crippen MR) is 114 cm³/mol. The molecule has 152 valence electrons. The fourth-order valence-electron chi connectivity index (χ4n) is 2.77. The van der Waals surface area contributed by atoms with Gasteiger partial charge in [0.15, 0.2) is 11.5 Å². The number of carboxylic acid groups (broad SMARTS) is 1. The minimum Gasteiger partial charge on any atom is -0.501 e. The van der Waals surface area contributed by atoms with E-state index >= 15 is 0 Å². The van der Waals surface area contributed by atoms with Gasteiger partial charge in [0.25, 0.3) is 5.56 Å². The van der Waals surface area contributed by atoms with Crippen molar-refractivity contribution in [2.24, 2.45) is 0 Å². The molecular weight excluding hydrogens is 428 g/mol. The van der Waals surface area contributed by atoms with Gasteiger partial charge in [-0.2, -0.15) is 0 Å². The van der Waals surface area contributed by atoms with E-state index in [1.165, 1.54) is 0 Å². The van der Waals surface area contributed by atoms with Crippen LogP contribution < -0.4 is 16.2 Å². The summed E-state index contributed by atoms with van der Waals surface area (Å²) >= 11 is 2.73. The second-order valence-electron chi connectivity index (χ2n) is 6.14. The summed E-state index contributed by atoms with van der Waals surface area (Å²) in [7, 11) is 0. The number of aromatic carboxylic acids is 1. The topological polar surface area (TPSA) is 144 Å². The number of fused-ring (bicyclic) bond motifs is 1. The zero-order valence-electron chi connectivity index (χ0n) is 15.1. The SMILES string of the molecule is O=C(NCc1cc2ccccc2s1)Nc1ccsc1-c1nc(C(=O)O)c(O)c(=O)[nH]1. The van der Waals surface area contributed by atoms with Crippen molar-refractivity contribution in [3.63, 3.8) is 0 Å². The van der Waals surface area contributed by atoms with Crippen LogP contribution in [0, 0.1) is 0 Å². The highest BCUT2D eigenvalue weighted by Crippen LogP contribution is 2.31. The lowest BCUT2D eigenvalue weighted by Gasteiger charge is -2.08. The predicted octanol–water partition coefficient (Wildman–Crippen LogP) is 3.44. The molecule has 0 radical (unpaired) electrons. The van der Waals surface area contributed by atoms with Crippen LogP contribution in [0.1, 0.15) is 15.4 Å². The van der Waals surface area contributed by atoms with Crippen molar-refractivity contribution < 1.29 is 19.8 Å². The van der Waals surface area contributed by atoms with E-state index in [0.29, 0.717) is 17.1 Å². The third kappa shape index (κ3) is 3.88. The van der Waals surface area contributed by atoms with Gasteiger partial charge in [0, 0.05) is 9.58 Å². The lowest BCUT2D eigenvalue weighted by molar-refractivity contribution is 0.0686. The molecule has 0 aliphatic rings. The number of hydrogen-bond acceptors (Lipinski definition) is 7. The number of H-pyrrole nitrogens is 1. The molecule has 0 spiro atoms. The molecule has 1 aromatic carbocycles. The number of rotatable bonds is 5. The van der Waals surface area contributed by atoms with Crippen LogP contribution in [0.4, 0.5) is 10.5 Å². The Balaban J connectivity index is 1.50. The van der Waals surface area contributed by atoms with Crippen LogP contribution in [0.2, 0.25) is 0 Å². The van der Waals surface area contributed by atoms with Gasteiger partial charge in [-0.1, -0.05) is 18.2 Å². The van der Waals surface area contributed by atoms with Crippen molar-refractivity contribution >= 4 is 50.4 Å². The lowest BCUT2D eigenvalue weighted by atomic mass is 10.2. The van der Waals surface area contributed by atoms with Crippen molar-refractivity contribution in [3.8, 4) is 16.5 Å². The number of carboxylic acids is 1. The van der Waals surface area contributed by atoms with Crippen LogP contribution in [-0.4, -0.2) is 32.2 Å². The highest BCUT2D eigenvalue weighted by atomic mass is 32.1. The van der Waals surface area contributed by atoms with Crippen molar-refractivity contribution in [2.75, 3.05) is 5.32 Å². The number of carbonyl (C=O) groups is 2. The van der Waals surface area contributed by atoms with Crippen molar-refractivity contribution in [1.29, 1.82) is 0 Å². The quantitative estimate of drug-likeness (QED) is 0.320. The van der Waals surface area contributed by atoms with Crippen molar-refractivity contribution in [2.45, 2.75) is 6.54 Å². The third-order valence-electron chi connectivity index (χ3n) is 4.13. The molecule has 3 aromatic heterocycles. The number of benzene rings is 1. The Morgan fingerprint density at radius 1 is 1.20 bits per heavy atom. The maximum Gasteiger partial charge on any atom is 0.358 e. The number of aromatic hydroxyl groups is 1. The molecule has 0 bridgehead atoms. The second kappa shape index (κ2) is 7.97. The van der Waals surface area contributed by atoms with E-state index in [0.717, 1.165) is 26.3 Å². The first kappa shape index (κ1) is 19.6. The first-order chi connectivity index (χ1) is 14.4. The Labute approximate surface area is 176 Å². The summed E-state index contributed by atoms with van der Waals surface area (Å²) in [6.45, 7) is 0.335. The van der Waals surface area contributed by atoms with Gasteiger partial charge >= 0.3 is 12.0 Å². The number of thiophene rings is 2. The van der Waals surface area contributed by atoms with Gasteiger partial charge in [0.2, 0.25) is 5.75 Å². The zero-order chi connectivity index (χ0) is 21.3. The number of amides is 2. The lowest BCUT2D eigenvalue weighted by Crippen LogP contribution is -2.28. The molecule has 0 atom stereocenters. The largest absolute Gasteiger partial charge is 0.501 e. The Kier molecular flexibility index (Phi) is 5.21. The Hall–Kier alpha value is -3.70. The molecule has 0 saturated heterocycles. The second-order valence-corrected chi connectivity index (χ2v) is 8.22. The molecule has 30 heavy (non-hydrogen) atoms. The highest BCUT2D eigenvalue weighted by molar-refractivity contribution is 7.19. The number of carbonyl (C=O) groups excluding carboxylic acids is 1. The van der Waals surface area contributed by atoms with E-state index in [1.54, 1.807) is 22.8 Å². The standard InChI is InChI=1S/C19H14N4O5S2/c24-14-13(18(26)27)22-16(23-17(14)25)15-11(5-6-29-15)21-19(28)20-8-10-7-9-3-1-2-4-12(9)30-10/h1-7,24H,8H2,(H,26,27)(H2,20,21,28)(H,22,23,25). The maximum absolute atomic E-state index is 12.3. The number of aromatic amines is 1. The van der Waals surface area contributed by atoms with Gasteiger partial charge in [-0.15, -0.1) is 22.7 Å². The van der Waals surface area contributed by atoms with Gasteiger partial charge in [0.05, 0.1) is 17.1 Å². The van der Waals surface area contributed by atoms with E-state index in [1.807, 2.05) is 30.3 Å². The molecule has 0 fully saturated rings. The summed E-state index contributed by atoms with van der Waals surface area (Å²) in [5.74, 6) is -2.57. The maximum atomic E-state index is 12.3. The van der Waals surface area contributed by atoms with Crippen LogP contribution in [0.5, 0.6) is 5.75 Å². The third-order valence-corrected chi connectivity index (χ3v) is 6.16. The van der Waals surface area contributed by atoms with Crippen LogP contribution in [0.3, 0.4) is 0 Å². The van der Waals surface area contributed by atoms with E-state index in [-0.39, 0.29) is 5.82 Å². The molecule has 5 N–H and O–H groups in total. The molecule has 3 heterocycles. The fraction of sp³-hybridized carbons (Fsp3) is 0.0526. The van der Waals surface area contributed by atoms with Crippen LogP contribution >= 0.6 is 22.7 Å². The van der Waals surface area contributed by atoms with Crippen LogP contribution in [-0.2, 0) is 6.54 Å². The highest BCUT2D eigenvalue weighted by Gasteiger charge is 2.20. The summed E-state index contributed by atoms with van der Waals surface area (Å²) in [5, 5.41) is 26.9. The van der Waals surface area contributed by atoms with Crippen molar-refractivity contribution in [3.05, 3.63) is 62.7 Å². The number of anilines is 1. The van der Waals surface area contributed by atoms with E-state index in [2.05, 4.69) is 20.6 Å². The van der Waals surface area contributed by atoms with Crippen LogP contribution in [0.25, 0.3) is 20.8 Å². The zero-order valence-corrected chi connectivity index (χ0v) is 16.8. The van der Waals surface area contributed by atoms with Gasteiger partial charge < -0.3 is 25.8 Å². The molecule has 0 saturated carbocycles. The Bertz CT molecular complexity index is 1290. The van der Waals surface area contributed by atoms with Gasteiger partial charge in [-0.3, -0.25) is 4.79 Å². The molecule has 11 heteroatoms. The number of urea groups is 1. The number of nitrogens with one attached hydrogen (secondary N) is 3. The summed E-state index contributed by atoms with van der Waals surface area (Å²) in [4.78, 5) is 42.8. The number of nitrogens with zero attached hydrogens (tertiary/aromatic N) is 1. The van der Waals surface area contributed by atoms with Gasteiger partial charge in [-0.05, 0) is 29.0 Å². The molecule has 0 aliphatic heterocycles. The molecule has 2 amide bonds. The number of hydrogen-bond donors (Lipinski definition) is 5. The number of aromatic nitrogens is 2.